The Labute approximate surface area is 164 Å². The number of benzene rings is 2. The van der Waals surface area contributed by atoms with E-state index in [1.165, 1.54) is 0 Å². The van der Waals surface area contributed by atoms with Crippen LogP contribution in [0.1, 0.15) is 45.4 Å². The molecule has 6 heteroatoms. The van der Waals surface area contributed by atoms with Gasteiger partial charge < -0.3 is 19.3 Å². The molecule has 1 amide bonds. The Kier molecular flexibility index (Phi) is 4.59. The van der Waals surface area contributed by atoms with Gasteiger partial charge in [-0.3, -0.25) is 4.79 Å². The lowest BCUT2D eigenvalue weighted by atomic mass is 9.91. The maximum Gasteiger partial charge on any atom is 0.253 e. The molecular formula is C22H25N3O3. The number of rotatable bonds is 3. The summed E-state index contributed by atoms with van der Waals surface area (Å²) in [6, 6.07) is 9.72. The molecule has 0 radical (unpaired) electrons. The number of aryl methyl sites for hydroxylation is 2. The van der Waals surface area contributed by atoms with Crippen LogP contribution in [-0.4, -0.2) is 39.6 Å². The molecule has 0 unspecified atom stereocenters. The van der Waals surface area contributed by atoms with E-state index in [0.29, 0.717) is 11.3 Å². The highest BCUT2D eigenvalue weighted by Gasteiger charge is 2.30. The van der Waals surface area contributed by atoms with Crippen LogP contribution in [0.4, 0.5) is 0 Å². The fourth-order valence-corrected chi connectivity index (χ4v) is 3.94. The normalized spacial score (nSPS) is 16.0. The van der Waals surface area contributed by atoms with Gasteiger partial charge in [0.25, 0.3) is 5.91 Å². The van der Waals surface area contributed by atoms with Crippen molar-refractivity contribution in [3.8, 4) is 5.75 Å². The number of hydrogen-bond acceptors (Lipinski definition) is 4. The lowest BCUT2D eigenvalue weighted by Gasteiger charge is -2.29. The fourth-order valence-electron chi connectivity index (χ4n) is 3.94. The number of amides is 1. The smallest absolute Gasteiger partial charge is 0.253 e. The number of aliphatic hydroxyl groups excluding tert-OH is 1. The molecule has 6 nitrogen and oxygen atoms in total. The highest BCUT2D eigenvalue weighted by atomic mass is 16.5. The Hall–Kier alpha value is -2.86. The molecule has 4 rings (SSSR count). The molecule has 1 N–H and O–H groups in total. The van der Waals surface area contributed by atoms with Crippen LogP contribution in [0, 0.1) is 6.92 Å². The summed E-state index contributed by atoms with van der Waals surface area (Å²) in [5.41, 5.74) is 5.12. The summed E-state index contributed by atoms with van der Waals surface area (Å²) in [4.78, 5) is 19.1. The molecule has 0 bridgehead atoms. The molecule has 2 heterocycles. The van der Waals surface area contributed by atoms with E-state index in [9.17, 15) is 9.90 Å². The summed E-state index contributed by atoms with van der Waals surface area (Å²) in [5, 5.41) is 9.71. The van der Waals surface area contributed by atoms with Crippen molar-refractivity contribution in [2.75, 3.05) is 14.1 Å². The van der Waals surface area contributed by atoms with Crippen molar-refractivity contribution in [3.63, 3.8) is 0 Å². The van der Waals surface area contributed by atoms with Crippen LogP contribution in [-0.2, 0) is 20.1 Å². The Morgan fingerprint density at radius 1 is 1.36 bits per heavy atom. The van der Waals surface area contributed by atoms with Gasteiger partial charge in [0.2, 0.25) is 0 Å². The van der Waals surface area contributed by atoms with Gasteiger partial charge in [-0.25, -0.2) is 4.98 Å². The first-order valence-electron chi connectivity index (χ1n) is 9.48. The van der Waals surface area contributed by atoms with Crippen LogP contribution in [0.25, 0.3) is 11.0 Å². The molecular weight excluding hydrogens is 354 g/mol. The number of imidazole rings is 1. The van der Waals surface area contributed by atoms with Gasteiger partial charge in [-0.15, -0.1) is 0 Å². The minimum atomic E-state index is -0.175. The summed E-state index contributed by atoms with van der Waals surface area (Å²) in [5.74, 6) is 1.53. The number of aromatic nitrogens is 2. The van der Waals surface area contributed by atoms with Gasteiger partial charge in [0.05, 0.1) is 12.1 Å². The van der Waals surface area contributed by atoms with E-state index < -0.39 is 0 Å². The van der Waals surface area contributed by atoms with Gasteiger partial charge in [0, 0.05) is 32.3 Å². The van der Waals surface area contributed by atoms with Crippen molar-refractivity contribution in [3.05, 3.63) is 58.4 Å². The van der Waals surface area contributed by atoms with Gasteiger partial charge in [-0.2, -0.15) is 0 Å². The molecule has 0 spiro atoms. The topological polar surface area (TPSA) is 67.6 Å². The summed E-state index contributed by atoms with van der Waals surface area (Å²) in [6.07, 6.45) is 1.29. The third-order valence-corrected chi connectivity index (χ3v) is 5.58. The van der Waals surface area contributed by atoms with Gasteiger partial charge in [-0.1, -0.05) is 24.3 Å². The number of hydrogen-bond donors (Lipinski definition) is 1. The number of carbonyl (C=O) groups excluding carboxylic acids is 1. The minimum absolute atomic E-state index is 0.0276. The highest BCUT2D eigenvalue weighted by Crippen LogP contribution is 2.42. The summed E-state index contributed by atoms with van der Waals surface area (Å²) < 4.78 is 8.44. The molecule has 1 aromatic heterocycles. The molecule has 0 fully saturated rings. The van der Waals surface area contributed by atoms with E-state index in [0.717, 1.165) is 46.4 Å². The van der Waals surface area contributed by atoms with Crippen molar-refractivity contribution < 1.29 is 14.6 Å². The molecule has 0 saturated carbocycles. The van der Waals surface area contributed by atoms with Crippen molar-refractivity contribution in [2.45, 2.75) is 32.5 Å². The molecule has 146 valence electrons. The number of aliphatic hydroxyl groups is 1. The molecule has 1 aliphatic rings. The summed E-state index contributed by atoms with van der Waals surface area (Å²) in [6.45, 7) is 1.92. The third-order valence-electron chi connectivity index (χ3n) is 5.58. The van der Waals surface area contributed by atoms with Gasteiger partial charge in [0.15, 0.2) is 5.75 Å². The summed E-state index contributed by atoms with van der Waals surface area (Å²) >= 11 is 0. The van der Waals surface area contributed by atoms with Gasteiger partial charge >= 0.3 is 0 Å². The molecule has 1 atom stereocenters. The van der Waals surface area contributed by atoms with E-state index in [-0.39, 0.29) is 18.6 Å². The standard InChI is InChI=1S/C22H25N3O3/c1-13-23-20-18(25(13)4)11-17(22(27)24(2)3)16-9-10-19(28-21(16)20)15-8-6-5-7-14(15)12-26/h5-8,11,19,26H,9-10,12H2,1-4H3/t19-/m0/s1. The lowest BCUT2D eigenvalue weighted by molar-refractivity contribution is 0.0823. The zero-order valence-corrected chi connectivity index (χ0v) is 16.7. The Balaban J connectivity index is 1.89. The maximum atomic E-state index is 12.8. The van der Waals surface area contributed by atoms with Crippen LogP contribution in [0.3, 0.4) is 0 Å². The first-order valence-corrected chi connectivity index (χ1v) is 9.48. The summed E-state index contributed by atoms with van der Waals surface area (Å²) in [7, 11) is 5.47. The average molecular weight is 379 g/mol. The first kappa shape index (κ1) is 18.5. The predicted octanol–water partition coefficient (Wildman–Crippen LogP) is 3.14. The Morgan fingerprint density at radius 3 is 2.82 bits per heavy atom. The molecule has 0 saturated heterocycles. The zero-order valence-electron chi connectivity index (χ0n) is 16.7. The Bertz CT molecular complexity index is 1070. The van der Waals surface area contributed by atoms with E-state index >= 15 is 0 Å². The lowest BCUT2D eigenvalue weighted by Crippen LogP contribution is -2.25. The largest absolute Gasteiger partial charge is 0.483 e. The number of ether oxygens (including phenoxy) is 1. The zero-order chi connectivity index (χ0) is 20.0. The van der Waals surface area contributed by atoms with Gasteiger partial charge in [0.1, 0.15) is 17.4 Å². The van der Waals surface area contributed by atoms with Crippen molar-refractivity contribution in [1.82, 2.24) is 14.5 Å². The Morgan fingerprint density at radius 2 is 2.11 bits per heavy atom. The predicted molar refractivity (Wildman–Crippen MR) is 108 cm³/mol. The van der Waals surface area contributed by atoms with Crippen LogP contribution in [0.15, 0.2) is 30.3 Å². The second kappa shape index (κ2) is 6.95. The fraction of sp³-hybridized carbons (Fsp3) is 0.364. The maximum absolute atomic E-state index is 12.8. The second-order valence-corrected chi connectivity index (χ2v) is 7.52. The third kappa shape index (κ3) is 2.85. The highest BCUT2D eigenvalue weighted by molar-refractivity contribution is 6.01. The number of nitrogens with zero attached hydrogens (tertiary/aromatic N) is 3. The second-order valence-electron chi connectivity index (χ2n) is 7.52. The average Bonchev–Trinajstić information content (AvgIpc) is 3.00. The van der Waals surface area contributed by atoms with Crippen LogP contribution in [0.2, 0.25) is 0 Å². The van der Waals surface area contributed by atoms with Gasteiger partial charge in [-0.05, 0) is 37.0 Å². The van der Waals surface area contributed by atoms with E-state index in [4.69, 9.17) is 9.72 Å². The minimum Gasteiger partial charge on any atom is -0.483 e. The molecule has 2 aromatic carbocycles. The van der Waals surface area contributed by atoms with E-state index in [2.05, 4.69) is 0 Å². The van der Waals surface area contributed by atoms with Crippen LogP contribution in [0.5, 0.6) is 5.75 Å². The molecule has 3 aromatic rings. The van der Waals surface area contributed by atoms with E-state index in [1.54, 1.807) is 19.0 Å². The molecule has 0 aliphatic carbocycles. The number of carbonyl (C=O) groups is 1. The van der Waals surface area contributed by atoms with E-state index in [1.807, 2.05) is 48.9 Å². The van der Waals surface area contributed by atoms with Crippen LogP contribution < -0.4 is 4.74 Å². The van der Waals surface area contributed by atoms with Crippen molar-refractivity contribution in [2.24, 2.45) is 7.05 Å². The van der Waals surface area contributed by atoms with Crippen molar-refractivity contribution >= 4 is 16.9 Å². The SMILES string of the molecule is Cc1nc2c3c(c(C(=O)N(C)C)cc2n1C)CC[C@@H](c1ccccc1CO)O3. The first-order chi connectivity index (χ1) is 13.4. The van der Waals surface area contributed by atoms with Crippen LogP contribution >= 0.6 is 0 Å². The quantitative estimate of drug-likeness (QED) is 0.759. The molecule has 1 aliphatic heterocycles. The monoisotopic (exact) mass is 379 g/mol. The molecule has 28 heavy (non-hydrogen) atoms. The van der Waals surface area contributed by atoms with Crippen molar-refractivity contribution in [1.29, 1.82) is 0 Å². The number of fused-ring (bicyclic) bond motifs is 3.